The zero-order valence-electron chi connectivity index (χ0n) is 11.1. The average Bonchev–Trinajstić information content (AvgIpc) is 2.38. The first-order chi connectivity index (χ1) is 8.88. The summed E-state index contributed by atoms with van der Waals surface area (Å²) in [4.78, 5) is 24.3. The van der Waals surface area contributed by atoms with Gasteiger partial charge in [0.1, 0.15) is 5.82 Å². The van der Waals surface area contributed by atoms with Crippen LogP contribution >= 0.6 is 0 Å². The summed E-state index contributed by atoms with van der Waals surface area (Å²) >= 11 is 0. The van der Waals surface area contributed by atoms with Crippen LogP contribution in [0.25, 0.3) is 0 Å². The third-order valence-corrected chi connectivity index (χ3v) is 3.05. The molecule has 6 heteroatoms. The zero-order chi connectivity index (χ0) is 14.6. The van der Waals surface area contributed by atoms with Crippen LogP contribution in [0.5, 0.6) is 0 Å². The molecule has 0 saturated heterocycles. The van der Waals surface area contributed by atoms with E-state index in [4.69, 9.17) is 5.11 Å². The van der Waals surface area contributed by atoms with Gasteiger partial charge in [0.15, 0.2) is 0 Å². The third-order valence-electron chi connectivity index (χ3n) is 3.05. The van der Waals surface area contributed by atoms with Crippen molar-refractivity contribution < 1.29 is 19.1 Å². The first-order valence-electron chi connectivity index (χ1n) is 5.94. The number of halogens is 1. The molecule has 0 radical (unpaired) electrons. The molecule has 0 heterocycles. The molecule has 0 fully saturated rings. The lowest BCUT2D eigenvalue weighted by Crippen LogP contribution is -2.38. The van der Waals surface area contributed by atoms with Crippen molar-refractivity contribution in [1.82, 2.24) is 4.90 Å². The lowest BCUT2D eigenvalue weighted by Gasteiger charge is -2.24. The molecule has 0 bridgehead atoms. The van der Waals surface area contributed by atoms with E-state index in [9.17, 15) is 14.0 Å². The molecule has 1 atom stereocenters. The number of aromatic carboxylic acids is 1. The minimum atomic E-state index is -1.29. The lowest BCUT2D eigenvalue weighted by molar-refractivity contribution is 0.0697. The Morgan fingerprint density at radius 1 is 1.47 bits per heavy atom. The Balaban J connectivity index is 2.99. The molecule has 5 nitrogen and oxygen atoms in total. The number of hydrogen-bond acceptors (Lipinski definition) is 2. The van der Waals surface area contributed by atoms with Gasteiger partial charge in [-0.25, -0.2) is 14.0 Å². The molecule has 19 heavy (non-hydrogen) atoms. The Labute approximate surface area is 111 Å². The molecule has 1 rings (SSSR count). The van der Waals surface area contributed by atoms with Crippen LogP contribution < -0.4 is 5.32 Å². The van der Waals surface area contributed by atoms with E-state index in [1.807, 2.05) is 13.8 Å². The molecule has 1 aromatic carbocycles. The fourth-order valence-corrected chi connectivity index (χ4v) is 1.50. The molecule has 0 aromatic heterocycles. The highest BCUT2D eigenvalue weighted by atomic mass is 19.1. The number of carboxylic acids is 1. The van der Waals surface area contributed by atoms with Crippen LogP contribution in [-0.2, 0) is 0 Å². The number of urea groups is 1. The maximum absolute atomic E-state index is 13.6. The van der Waals surface area contributed by atoms with E-state index in [2.05, 4.69) is 5.32 Å². The molecule has 0 aliphatic heterocycles. The van der Waals surface area contributed by atoms with E-state index < -0.39 is 17.8 Å². The minimum Gasteiger partial charge on any atom is -0.478 e. The fraction of sp³-hybridized carbons (Fsp3) is 0.385. The summed E-state index contributed by atoms with van der Waals surface area (Å²) in [5.74, 6) is -2.06. The van der Waals surface area contributed by atoms with Crippen molar-refractivity contribution in [3.05, 3.63) is 29.6 Å². The van der Waals surface area contributed by atoms with E-state index >= 15 is 0 Å². The monoisotopic (exact) mass is 268 g/mol. The van der Waals surface area contributed by atoms with Crippen molar-refractivity contribution in [3.8, 4) is 0 Å². The highest BCUT2D eigenvalue weighted by Crippen LogP contribution is 2.20. The van der Waals surface area contributed by atoms with Crippen LogP contribution in [0.1, 0.15) is 30.6 Å². The molecule has 0 saturated carbocycles. The van der Waals surface area contributed by atoms with Gasteiger partial charge in [-0.05, 0) is 25.5 Å². The number of carboxylic acid groups (broad SMARTS) is 1. The summed E-state index contributed by atoms with van der Waals surface area (Å²) in [6.45, 7) is 3.76. The zero-order valence-corrected chi connectivity index (χ0v) is 11.1. The first kappa shape index (κ1) is 14.9. The van der Waals surface area contributed by atoms with Gasteiger partial charge in [0.2, 0.25) is 0 Å². The number of para-hydroxylation sites is 1. The molecule has 0 aliphatic carbocycles. The average molecular weight is 268 g/mol. The van der Waals surface area contributed by atoms with Gasteiger partial charge < -0.3 is 15.3 Å². The summed E-state index contributed by atoms with van der Waals surface area (Å²) in [5.41, 5.74) is -0.582. The second kappa shape index (κ2) is 6.17. The number of hydrogen-bond donors (Lipinski definition) is 2. The maximum atomic E-state index is 13.6. The van der Waals surface area contributed by atoms with Gasteiger partial charge >= 0.3 is 12.0 Å². The smallest absolute Gasteiger partial charge is 0.337 e. The van der Waals surface area contributed by atoms with Crippen molar-refractivity contribution in [1.29, 1.82) is 0 Å². The molecule has 104 valence electrons. The predicted molar refractivity (Wildman–Crippen MR) is 69.9 cm³/mol. The number of amides is 2. The summed E-state index contributed by atoms with van der Waals surface area (Å²) in [7, 11) is 1.57. The SMILES string of the molecule is CCC(C)N(C)C(=O)Nc1c(F)cccc1C(=O)O. The quantitative estimate of drug-likeness (QED) is 0.882. The van der Waals surface area contributed by atoms with Gasteiger partial charge in [-0.1, -0.05) is 13.0 Å². The highest BCUT2D eigenvalue weighted by Gasteiger charge is 2.20. The molecular weight excluding hydrogens is 251 g/mol. The van der Waals surface area contributed by atoms with Gasteiger partial charge in [-0.2, -0.15) is 0 Å². The van der Waals surface area contributed by atoms with Crippen LogP contribution in [0, 0.1) is 5.82 Å². The van der Waals surface area contributed by atoms with Crippen molar-refractivity contribution in [2.24, 2.45) is 0 Å². The normalized spacial score (nSPS) is 11.8. The van der Waals surface area contributed by atoms with Crippen LogP contribution in [0.4, 0.5) is 14.9 Å². The molecular formula is C13H17FN2O3. The number of carbonyl (C=O) groups is 2. The number of rotatable bonds is 4. The van der Waals surface area contributed by atoms with E-state index in [1.54, 1.807) is 7.05 Å². The van der Waals surface area contributed by atoms with E-state index in [0.717, 1.165) is 12.5 Å². The van der Waals surface area contributed by atoms with Crippen molar-refractivity contribution in [2.45, 2.75) is 26.3 Å². The van der Waals surface area contributed by atoms with Crippen LogP contribution in [0.15, 0.2) is 18.2 Å². The largest absolute Gasteiger partial charge is 0.478 e. The first-order valence-corrected chi connectivity index (χ1v) is 5.94. The second-order valence-corrected chi connectivity index (χ2v) is 4.27. The Kier molecular flexibility index (Phi) is 4.86. The van der Waals surface area contributed by atoms with Crippen molar-refractivity contribution >= 4 is 17.7 Å². The van der Waals surface area contributed by atoms with Gasteiger partial charge in [-0.3, -0.25) is 0 Å². The Morgan fingerprint density at radius 2 is 2.11 bits per heavy atom. The Hall–Kier alpha value is -2.11. The number of nitrogens with one attached hydrogen (secondary N) is 1. The summed E-state index contributed by atoms with van der Waals surface area (Å²) < 4.78 is 13.6. The molecule has 2 amide bonds. The Bertz CT molecular complexity index is 491. The molecule has 2 N–H and O–H groups in total. The molecule has 1 unspecified atom stereocenters. The predicted octanol–water partition coefficient (Wildman–Crippen LogP) is 2.79. The van der Waals surface area contributed by atoms with E-state index in [1.165, 1.54) is 17.0 Å². The van der Waals surface area contributed by atoms with Gasteiger partial charge in [0.05, 0.1) is 11.3 Å². The van der Waals surface area contributed by atoms with Gasteiger partial charge in [0, 0.05) is 13.1 Å². The number of benzene rings is 1. The number of carbonyl (C=O) groups excluding carboxylic acids is 1. The number of anilines is 1. The van der Waals surface area contributed by atoms with E-state index in [-0.39, 0.29) is 17.3 Å². The van der Waals surface area contributed by atoms with Crippen molar-refractivity contribution in [2.75, 3.05) is 12.4 Å². The summed E-state index contributed by atoms with van der Waals surface area (Å²) in [6.07, 6.45) is 0.743. The minimum absolute atomic E-state index is 0.0277. The standard InChI is InChI=1S/C13H17FN2O3/c1-4-8(2)16(3)13(19)15-11-9(12(17)18)6-5-7-10(11)14/h5-8H,4H2,1-3H3,(H,15,19)(H,17,18). The summed E-state index contributed by atoms with van der Waals surface area (Å²) in [6, 6.07) is 3.06. The highest BCUT2D eigenvalue weighted by molar-refractivity contribution is 6.00. The van der Waals surface area contributed by atoms with Crippen molar-refractivity contribution in [3.63, 3.8) is 0 Å². The molecule has 0 aliphatic rings. The summed E-state index contributed by atoms with van der Waals surface area (Å²) in [5, 5.41) is 11.3. The van der Waals surface area contributed by atoms with Crippen LogP contribution in [-0.4, -0.2) is 35.1 Å². The maximum Gasteiger partial charge on any atom is 0.337 e. The van der Waals surface area contributed by atoms with Gasteiger partial charge in [0.25, 0.3) is 0 Å². The lowest BCUT2D eigenvalue weighted by atomic mass is 10.1. The molecule has 0 spiro atoms. The van der Waals surface area contributed by atoms with Crippen LogP contribution in [0.3, 0.4) is 0 Å². The second-order valence-electron chi connectivity index (χ2n) is 4.27. The molecule has 1 aromatic rings. The van der Waals surface area contributed by atoms with Crippen LogP contribution in [0.2, 0.25) is 0 Å². The van der Waals surface area contributed by atoms with Gasteiger partial charge in [-0.15, -0.1) is 0 Å². The van der Waals surface area contributed by atoms with E-state index in [0.29, 0.717) is 0 Å². The third kappa shape index (κ3) is 3.43. The fourth-order valence-electron chi connectivity index (χ4n) is 1.50. The number of nitrogens with zero attached hydrogens (tertiary/aromatic N) is 1. The Morgan fingerprint density at radius 3 is 2.63 bits per heavy atom. The topological polar surface area (TPSA) is 69.6 Å².